The Balaban J connectivity index is 2.61. The summed E-state index contributed by atoms with van der Waals surface area (Å²) in [5.41, 5.74) is 3.46. The Kier molecular flexibility index (Phi) is 5.15. The maximum atomic E-state index is 11.5. The number of benzene rings is 1. The van der Waals surface area contributed by atoms with Crippen molar-refractivity contribution in [2.45, 2.75) is 0 Å². The lowest BCUT2D eigenvalue weighted by Crippen LogP contribution is -2.20. The van der Waals surface area contributed by atoms with Crippen LogP contribution in [0.3, 0.4) is 0 Å². The predicted octanol–water partition coefficient (Wildman–Crippen LogP) is 2.25. The topological polar surface area (TPSA) is 41.5 Å². The van der Waals surface area contributed by atoms with E-state index in [9.17, 15) is 4.79 Å². The monoisotopic (exact) mass is 244 g/mol. The Morgan fingerprint density at radius 2 is 1.80 bits per heavy atom. The van der Waals surface area contributed by atoms with Crippen molar-refractivity contribution in [3.8, 4) is 0 Å². The molecule has 1 aromatic rings. The van der Waals surface area contributed by atoms with Gasteiger partial charge in [-0.2, -0.15) is 5.10 Å². The van der Waals surface area contributed by atoms with E-state index >= 15 is 0 Å². The van der Waals surface area contributed by atoms with Crippen molar-refractivity contribution >= 4 is 34.8 Å². The molecule has 3 nitrogen and oxygen atoms in total. The van der Waals surface area contributed by atoms with E-state index in [1.54, 1.807) is 24.3 Å². The number of hydrazone groups is 1. The lowest BCUT2D eigenvalue weighted by atomic mass is 10.2. The fourth-order valence-corrected chi connectivity index (χ4v) is 1.28. The van der Waals surface area contributed by atoms with Gasteiger partial charge in [0.15, 0.2) is 0 Å². The summed E-state index contributed by atoms with van der Waals surface area (Å²) in [7, 11) is 0. The molecule has 0 aliphatic heterocycles. The zero-order valence-corrected chi connectivity index (χ0v) is 9.42. The van der Waals surface area contributed by atoms with Gasteiger partial charge in [-0.1, -0.05) is 18.2 Å². The summed E-state index contributed by atoms with van der Waals surface area (Å²) in [5, 5.41) is 3.79. The van der Waals surface area contributed by atoms with Crippen molar-refractivity contribution in [1.82, 2.24) is 5.43 Å². The van der Waals surface area contributed by atoms with Crippen LogP contribution in [0.4, 0.5) is 0 Å². The largest absolute Gasteiger partial charge is 0.271 e. The fraction of sp³-hybridized carbons (Fsp3) is 0.200. The number of nitrogens with zero attached hydrogens (tertiary/aromatic N) is 1. The molecule has 0 aromatic heterocycles. The number of alkyl halides is 2. The molecular formula is C10H10Cl2N2O. The molecule has 1 rings (SSSR count). The highest BCUT2D eigenvalue weighted by Gasteiger charge is 2.03. The van der Waals surface area contributed by atoms with Crippen molar-refractivity contribution in [2.75, 3.05) is 11.8 Å². The Hall–Kier alpha value is -1.06. The average molecular weight is 245 g/mol. The van der Waals surface area contributed by atoms with Crippen LogP contribution >= 0.6 is 23.2 Å². The minimum atomic E-state index is -0.275. The van der Waals surface area contributed by atoms with Gasteiger partial charge >= 0.3 is 0 Å². The van der Waals surface area contributed by atoms with Gasteiger partial charge in [0, 0.05) is 5.56 Å². The molecule has 0 bridgehead atoms. The molecule has 5 heteroatoms. The number of nitrogens with one attached hydrogen (secondary N) is 1. The molecule has 0 unspecified atom stereocenters. The number of halogens is 2. The van der Waals surface area contributed by atoms with Crippen LogP contribution in [-0.2, 0) is 0 Å². The summed E-state index contributed by atoms with van der Waals surface area (Å²) in [6, 6.07) is 8.80. The average Bonchev–Trinajstić information content (AvgIpc) is 2.31. The number of carbonyl (C=O) groups is 1. The van der Waals surface area contributed by atoms with Gasteiger partial charge in [0.2, 0.25) is 0 Å². The molecule has 0 fully saturated rings. The maximum absolute atomic E-state index is 11.5. The van der Waals surface area contributed by atoms with Crippen molar-refractivity contribution in [2.24, 2.45) is 5.10 Å². The summed E-state index contributed by atoms with van der Waals surface area (Å²) in [4.78, 5) is 11.5. The van der Waals surface area contributed by atoms with Crippen LogP contribution in [0.1, 0.15) is 10.4 Å². The van der Waals surface area contributed by atoms with E-state index in [0.717, 1.165) is 0 Å². The lowest BCUT2D eigenvalue weighted by molar-refractivity contribution is 0.0955. The first-order valence-corrected chi connectivity index (χ1v) is 5.37. The molecule has 0 aliphatic rings. The van der Waals surface area contributed by atoms with E-state index in [2.05, 4.69) is 10.5 Å². The highest BCUT2D eigenvalue weighted by molar-refractivity contribution is 6.37. The maximum Gasteiger partial charge on any atom is 0.271 e. The molecule has 0 heterocycles. The Labute approximate surface area is 98.1 Å². The number of carbonyl (C=O) groups excluding carboxylic acids is 1. The third-order valence-electron chi connectivity index (χ3n) is 1.66. The summed E-state index contributed by atoms with van der Waals surface area (Å²) >= 11 is 11.1. The van der Waals surface area contributed by atoms with E-state index < -0.39 is 0 Å². The molecule has 80 valence electrons. The molecule has 0 aliphatic carbocycles. The third kappa shape index (κ3) is 3.90. The molecule has 0 saturated heterocycles. The Morgan fingerprint density at radius 3 is 2.33 bits per heavy atom. The summed E-state index contributed by atoms with van der Waals surface area (Å²) in [5.74, 6) is 0.139. The summed E-state index contributed by atoms with van der Waals surface area (Å²) in [6.45, 7) is 0. The van der Waals surface area contributed by atoms with Crippen molar-refractivity contribution < 1.29 is 4.79 Å². The van der Waals surface area contributed by atoms with Crippen molar-refractivity contribution in [1.29, 1.82) is 0 Å². The van der Waals surface area contributed by atoms with Gasteiger partial charge in [-0.3, -0.25) is 4.79 Å². The smallest absolute Gasteiger partial charge is 0.267 e. The SMILES string of the molecule is O=C(NN=C(CCl)CCl)c1ccccc1. The van der Waals surface area contributed by atoms with Gasteiger partial charge < -0.3 is 0 Å². The molecule has 1 aromatic carbocycles. The minimum Gasteiger partial charge on any atom is -0.267 e. The van der Waals surface area contributed by atoms with E-state index in [1.807, 2.05) is 6.07 Å². The van der Waals surface area contributed by atoms with Crippen LogP contribution in [0.5, 0.6) is 0 Å². The molecular weight excluding hydrogens is 235 g/mol. The van der Waals surface area contributed by atoms with E-state index in [4.69, 9.17) is 23.2 Å². The van der Waals surface area contributed by atoms with E-state index in [-0.39, 0.29) is 17.7 Å². The van der Waals surface area contributed by atoms with Crippen LogP contribution in [0.15, 0.2) is 35.4 Å². The first-order valence-electron chi connectivity index (χ1n) is 4.30. The van der Waals surface area contributed by atoms with Crippen LogP contribution in [0, 0.1) is 0 Å². The number of hydrogen-bond donors (Lipinski definition) is 1. The zero-order chi connectivity index (χ0) is 11.1. The quantitative estimate of drug-likeness (QED) is 0.493. The number of amides is 1. The highest BCUT2D eigenvalue weighted by atomic mass is 35.5. The van der Waals surface area contributed by atoms with Gasteiger partial charge in [0.1, 0.15) is 0 Å². The number of rotatable bonds is 4. The second-order valence-electron chi connectivity index (χ2n) is 2.75. The highest BCUT2D eigenvalue weighted by Crippen LogP contribution is 1.97. The van der Waals surface area contributed by atoms with E-state index in [0.29, 0.717) is 11.3 Å². The second kappa shape index (κ2) is 6.43. The van der Waals surface area contributed by atoms with Gasteiger partial charge in [0.05, 0.1) is 17.5 Å². The molecule has 0 spiro atoms. The standard InChI is InChI=1S/C10H10Cl2N2O/c11-6-9(7-12)13-14-10(15)8-4-2-1-3-5-8/h1-5H,6-7H2,(H,14,15). The fourth-order valence-electron chi connectivity index (χ4n) is 0.879. The third-order valence-corrected chi connectivity index (χ3v) is 2.28. The van der Waals surface area contributed by atoms with Crippen LogP contribution in [-0.4, -0.2) is 23.4 Å². The Morgan fingerprint density at radius 1 is 1.20 bits per heavy atom. The van der Waals surface area contributed by atoms with Gasteiger partial charge in [-0.05, 0) is 12.1 Å². The molecule has 0 saturated carbocycles. The van der Waals surface area contributed by atoms with Crippen LogP contribution < -0.4 is 5.43 Å². The van der Waals surface area contributed by atoms with Crippen molar-refractivity contribution in [3.05, 3.63) is 35.9 Å². The molecule has 1 amide bonds. The molecule has 0 radical (unpaired) electrons. The van der Waals surface area contributed by atoms with Crippen molar-refractivity contribution in [3.63, 3.8) is 0 Å². The summed E-state index contributed by atoms with van der Waals surface area (Å²) in [6.07, 6.45) is 0. The zero-order valence-electron chi connectivity index (χ0n) is 7.91. The second-order valence-corrected chi connectivity index (χ2v) is 3.29. The lowest BCUT2D eigenvalue weighted by Gasteiger charge is -2.00. The number of hydrogen-bond acceptors (Lipinski definition) is 2. The van der Waals surface area contributed by atoms with Gasteiger partial charge in [0.25, 0.3) is 5.91 Å². The molecule has 0 atom stereocenters. The van der Waals surface area contributed by atoms with Crippen LogP contribution in [0.25, 0.3) is 0 Å². The van der Waals surface area contributed by atoms with Gasteiger partial charge in [-0.25, -0.2) is 5.43 Å². The van der Waals surface area contributed by atoms with E-state index in [1.165, 1.54) is 0 Å². The van der Waals surface area contributed by atoms with Gasteiger partial charge in [-0.15, -0.1) is 23.2 Å². The molecule has 15 heavy (non-hydrogen) atoms. The van der Waals surface area contributed by atoms with Crippen LogP contribution in [0.2, 0.25) is 0 Å². The first-order chi connectivity index (χ1) is 7.27. The molecule has 1 N–H and O–H groups in total. The Bertz CT molecular complexity index is 346. The summed E-state index contributed by atoms with van der Waals surface area (Å²) < 4.78 is 0. The minimum absolute atomic E-state index is 0.207. The predicted molar refractivity (Wildman–Crippen MR) is 62.8 cm³/mol. The first kappa shape index (κ1) is 12.0. The normalized spacial score (nSPS) is 9.47.